The van der Waals surface area contributed by atoms with E-state index in [4.69, 9.17) is 23.8 Å². The van der Waals surface area contributed by atoms with Gasteiger partial charge in [-0.15, -0.1) is 0 Å². The van der Waals surface area contributed by atoms with Crippen LogP contribution in [0.2, 0.25) is 5.02 Å². The summed E-state index contributed by atoms with van der Waals surface area (Å²) in [5.41, 5.74) is 7.12. The fraction of sp³-hybridized carbons (Fsp3) is 0.258. The van der Waals surface area contributed by atoms with Crippen LogP contribution in [0.25, 0.3) is 0 Å². The molecule has 0 saturated heterocycles. The van der Waals surface area contributed by atoms with Crippen LogP contribution in [0, 0.1) is 13.8 Å². The first kappa shape index (κ1) is 26.8. The molecule has 0 aliphatic rings. The van der Waals surface area contributed by atoms with E-state index in [0.29, 0.717) is 0 Å². The van der Waals surface area contributed by atoms with Crippen molar-refractivity contribution < 1.29 is 0 Å². The monoisotopic (exact) mass is 530 g/mol. The van der Waals surface area contributed by atoms with E-state index < -0.39 is 0 Å². The fourth-order valence-corrected chi connectivity index (χ4v) is 4.75. The molecule has 192 valence electrons. The molecule has 1 heterocycles. The number of benzene rings is 3. The number of aromatic nitrogens is 1. The number of anilines is 2. The van der Waals surface area contributed by atoms with Gasteiger partial charge in [-0.3, -0.25) is 0 Å². The fourth-order valence-electron chi connectivity index (χ4n) is 4.36. The van der Waals surface area contributed by atoms with Crippen molar-refractivity contribution in [3.05, 3.63) is 119 Å². The SMILES string of the molecule is Cc1ccc(C)c(NC(=S)N(CCCN(C)c2ccccc2)Cc2cccn2Cc2ccc(Cl)cc2)c1. The molecule has 0 bridgehead atoms. The maximum atomic E-state index is 6.09. The van der Waals surface area contributed by atoms with Crippen molar-refractivity contribution in [1.29, 1.82) is 0 Å². The zero-order valence-corrected chi connectivity index (χ0v) is 23.4. The van der Waals surface area contributed by atoms with E-state index in [1.54, 1.807) is 0 Å². The summed E-state index contributed by atoms with van der Waals surface area (Å²) in [5, 5.41) is 5.03. The molecule has 0 unspecified atom stereocenters. The molecule has 6 heteroatoms. The van der Waals surface area contributed by atoms with Crippen LogP contribution in [0.4, 0.5) is 11.4 Å². The first-order valence-electron chi connectivity index (χ1n) is 12.7. The standard InChI is InChI=1S/C31H35ClN4S/c1-24-12-13-25(2)30(21-24)33-31(37)36(20-8-18-34(3)28-9-5-4-6-10-28)23-29-11-7-19-35(29)22-26-14-16-27(32)17-15-26/h4-7,9-17,19,21H,8,18,20,22-23H2,1-3H3,(H,33,37). The smallest absolute Gasteiger partial charge is 0.173 e. The summed E-state index contributed by atoms with van der Waals surface area (Å²) in [5.74, 6) is 0. The zero-order valence-electron chi connectivity index (χ0n) is 21.8. The van der Waals surface area contributed by atoms with Crippen molar-refractivity contribution in [2.24, 2.45) is 0 Å². The molecule has 0 saturated carbocycles. The van der Waals surface area contributed by atoms with Gasteiger partial charge in [-0.2, -0.15) is 0 Å². The van der Waals surface area contributed by atoms with Gasteiger partial charge in [0.05, 0.1) is 6.54 Å². The third-order valence-corrected chi connectivity index (χ3v) is 7.20. The Morgan fingerprint density at radius 2 is 1.68 bits per heavy atom. The Balaban J connectivity index is 1.48. The van der Waals surface area contributed by atoms with E-state index >= 15 is 0 Å². The summed E-state index contributed by atoms with van der Waals surface area (Å²) in [7, 11) is 2.14. The lowest BCUT2D eigenvalue weighted by Crippen LogP contribution is -2.37. The van der Waals surface area contributed by atoms with Crippen LogP contribution in [0.3, 0.4) is 0 Å². The molecule has 4 rings (SSSR count). The summed E-state index contributed by atoms with van der Waals surface area (Å²) < 4.78 is 2.28. The van der Waals surface area contributed by atoms with E-state index in [-0.39, 0.29) is 0 Å². The van der Waals surface area contributed by atoms with Crippen molar-refractivity contribution in [2.45, 2.75) is 33.4 Å². The van der Waals surface area contributed by atoms with Crippen molar-refractivity contribution in [1.82, 2.24) is 9.47 Å². The minimum atomic E-state index is 0.729. The molecular weight excluding hydrogens is 496 g/mol. The second-order valence-corrected chi connectivity index (χ2v) is 10.4. The van der Waals surface area contributed by atoms with Gasteiger partial charge in [0, 0.05) is 55.0 Å². The zero-order chi connectivity index (χ0) is 26.2. The molecule has 0 aliphatic carbocycles. The highest BCUT2D eigenvalue weighted by Crippen LogP contribution is 2.19. The predicted molar refractivity (Wildman–Crippen MR) is 162 cm³/mol. The van der Waals surface area contributed by atoms with Gasteiger partial charge >= 0.3 is 0 Å². The van der Waals surface area contributed by atoms with Crippen LogP contribution in [-0.2, 0) is 13.1 Å². The number of para-hydroxylation sites is 1. The summed E-state index contributed by atoms with van der Waals surface area (Å²) >= 11 is 12.1. The van der Waals surface area contributed by atoms with Gasteiger partial charge in [0.1, 0.15) is 0 Å². The normalized spacial score (nSPS) is 10.8. The summed E-state index contributed by atoms with van der Waals surface area (Å²) in [6.45, 7) is 7.53. The van der Waals surface area contributed by atoms with Gasteiger partial charge in [0.25, 0.3) is 0 Å². The van der Waals surface area contributed by atoms with Gasteiger partial charge in [0.15, 0.2) is 5.11 Å². The van der Waals surface area contributed by atoms with E-state index in [9.17, 15) is 0 Å². The number of nitrogens with one attached hydrogen (secondary N) is 1. The number of hydrogen-bond donors (Lipinski definition) is 1. The molecule has 0 fully saturated rings. The van der Waals surface area contributed by atoms with Gasteiger partial charge in [-0.1, -0.05) is 54.1 Å². The van der Waals surface area contributed by atoms with Crippen molar-refractivity contribution in [3.8, 4) is 0 Å². The highest BCUT2D eigenvalue weighted by Gasteiger charge is 2.15. The molecule has 4 nitrogen and oxygen atoms in total. The predicted octanol–water partition coefficient (Wildman–Crippen LogP) is 7.53. The van der Waals surface area contributed by atoms with E-state index in [2.05, 4.69) is 120 Å². The first-order chi connectivity index (χ1) is 17.9. The van der Waals surface area contributed by atoms with Crippen LogP contribution in [0.1, 0.15) is 28.8 Å². The number of rotatable bonds is 10. The van der Waals surface area contributed by atoms with Crippen LogP contribution >= 0.6 is 23.8 Å². The van der Waals surface area contributed by atoms with Gasteiger partial charge < -0.3 is 19.7 Å². The molecule has 37 heavy (non-hydrogen) atoms. The third kappa shape index (κ3) is 7.61. The van der Waals surface area contributed by atoms with Gasteiger partial charge in [-0.05, 0) is 91.6 Å². The number of thiocarbonyl (C=S) groups is 1. The van der Waals surface area contributed by atoms with Gasteiger partial charge in [0.2, 0.25) is 0 Å². The maximum Gasteiger partial charge on any atom is 0.173 e. The second-order valence-electron chi connectivity index (χ2n) is 9.53. The second kappa shape index (κ2) is 12.8. The lowest BCUT2D eigenvalue weighted by Gasteiger charge is -2.28. The molecule has 0 aliphatic heterocycles. The van der Waals surface area contributed by atoms with E-state index in [0.717, 1.165) is 48.4 Å². The molecule has 0 amide bonds. The highest BCUT2D eigenvalue weighted by molar-refractivity contribution is 7.80. The average molecular weight is 531 g/mol. The molecule has 0 spiro atoms. The van der Waals surface area contributed by atoms with Crippen LogP contribution in [0.15, 0.2) is 91.1 Å². The summed E-state index contributed by atoms with van der Waals surface area (Å²) in [4.78, 5) is 4.58. The van der Waals surface area contributed by atoms with Crippen molar-refractivity contribution in [3.63, 3.8) is 0 Å². The minimum Gasteiger partial charge on any atom is -0.375 e. The van der Waals surface area contributed by atoms with Gasteiger partial charge in [-0.25, -0.2) is 0 Å². The number of hydrogen-bond acceptors (Lipinski definition) is 2. The van der Waals surface area contributed by atoms with Crippen LogP contribution in [0.5, 0.6) is 0 Å². The lowest BCUT2D eigenvalue weighted by molar-refractivity contribution is 0.399. The molecular formula is C31H35ClN4S. The Bertz CT molecular complexity index is 1300. The van der Waals surface area contributed by atoms with Crippen molar-refractivity contribution >= 4 is 40.3 Å². The number of halogens is 1. The Morgan fingerprint density at radius 1 is 0.919 bits per heavy atom. The number of aryl methyl sites for hydroxylation is 2. The summed E-state index contributed by atoms with van der Waals surface area (Å²) in [6.07, 6.45) is 3.12. The maximum absolute atomic E-state index is 6.09. The Kier molecular flexibility index (Phi) is 9.26. The van der Waals surface area contributed by atoms with E-state index in [1.165, 1.54) is 28.1 Å². The van der Waals surface area contributed by atoms with E-state index in [1.807, 2.05) is 12.1 Å². The third-order valence-electron chi connectivity index (χ3n) is 6.58. The quantitative estimate of drug-likeness (QED) is 0.214. The molecule has 1 N–H and O–H groups in total. The molecule has 1 aromatic heterocycles. The largest absolute Gasteiger partial charge is 0.375 e. The Hall–Kier alpha value is -3.28. The first-order valence-corrected chi connectivity index (χ1v) is 13.5. The highest BCUT2D eigenvalue weighted by atomic mass is 35.5. The number of nitrogens with zero attached hydrogens (tertiary/aromatic N) is 3. The molecule has 4 aromatic rings. The van der Waals surface area contributed by atoms with Crippen molar-refractivity contribution in [2.75, 3.05) is 30.4 Å². The Morgan fingerprint density at radius 3 is 2.43 bits per heavy atom. The summed E-state index contributed by atoms with van der Waals surface area (Å²) in [6, 6.07) is 29.3. The Labute approximate surface area is 231 Å². The topological polar surface area (TPSA) is 23.4 Å². The minimum absolute atomic E-state index is 0.729. The lowest BCUT2D eigenvalue weighted by atomic mass is 10.1. The molecule has 3 aromatic carbocycles. The molecule has 0 atom stereocenters. The molecule has 0 radical (unpaired) electrons. The average Bonchev–Trinajstić information content (AvgIpc) is 3.33. The van der Waals surface area contributed by atoms with Crippen LogP contribution in [-0.4, -0.2) is 34.7 Å². The van der Waals surface area contributed by atoms with Crippen LogP contribution < -0.4 is 10.2 Å².